The van der Waals surface area contributed by atoms with Crippen LogP contribution in [0.15, 0.2) is 0 Å². The van der Waals surface area contributed by atoms with Crippen LogP contribution < -0.4 is 5.32 Å². The number of halogens is 1. The van der Waals surface area contributed by atoms with Crippen molar-refractivity contribution in [2.24, 2.45) is 5.92 Å². The fraction of sp³-hybridized carbons (Fsp3) is 1.00. The molecule has 0 aromatic rings. The van der Waals surface area contributed by atoms with Crippen molar-refractivity contribution < 1.29 is 12.8 Å². The summed E-state index contributed by atoms with van der Waals surface area (Å²) in [5.74, 6) is 0.106. The average Bonchev–Trinajstić information content (AvgIpc) is 2.27. The minimum Gasteiger partial charge on any atom is -0.316 e. The van der Waals surface area contributed by atoms with Gasteiger partial charge in [-0.15, -0.1) is 0 Å². The van der Waals surface area contributed by atoms with Crippen molar-refractivity contribution in [1.82, 2.24) is 5.32 Å². The first kappa shape index (κ1) is 12.9. The van der Waals surface area contributed by atoms with Crippen molar-refractivity contribution in [3.8, 4) is 0 Å². The van der Waals surface area contributed by atoms with Crippen molar-refractivity contribution in [2.75, 3.05) is 24.6 Å². The van der Waals surface area contributed by atoms with E-state index in [0.717, 1.165) is 19.4 Å². The Bertz CT molecular complexity index is 273. The molecule has 15 heavy (non-hydrogen) atoms. The van der Waals surface area contributed by atoms with Crippen LogP contribution in [0.4, 0.5) is 4.39 Å². The SMILES string of the molecule is CCS(=O)(=O)CCC(F)C1CCCNC1. The van der Waals surface area contributed by atoms with E-state index >= 15 is 0 Å². The molecule has 0 bridgehead atoms. The van der Waals surface area contributed by atoms with E-state index in [1.165, 1.54) is 0 Å². The lowest BCUT2D eigenvalue weighted by Gasteiger charge is -2.25. The highest BCUT2D eigenvalue weighted by atomic mass is 32.2. The summed E-state index contributed by atoms with van der Waals surface area (Å²) in [6, 6.07) is 0. The fourth-order valence-corrected chi connectivity index (χ4v) is 2.73. The summed E-state index contributed by atoms with van der Waals surface area (Å²) in [6.45, 7) is 3.24. The zero-order valence-electron chi connectivity index (χ0n) is 9.21. The van der Waals surface area contributed by atoms with Gasteiger partial charge in [-0.25, -0.2) is 12.8 Å². The molecular weight excluding hydrogens is 217 g/mol. The van der Waals surface area contributed by atoms with E-state index < -0.39 is 16.0 Å². The van der Waals surface area contributed by atoms with E-state index in [2.05, 4.69) is 5.32 Å². The van der Waals surface area contributed by atoms with Crippen molar-refractivity contribution in [3.63, 3.8) is 0 Å². The lowest BCUT2D eigenvalue weighted by Crippen LogP contribution is -2.35. The summed E-state index contributed by atoms with van der Waals surface area (Å²) in [6.07, 6.45) is 1.05. The maximum Gasteiger partial charge on any atom is 0.150 e. The van der Waals surface area contributed by atoms with E-state index in [-0.39, 0.29) is 23.8 Å². The van der Waals surface area contributed by atoms with E-state index in [4.69, 9.17) is 0 Å². The van der Waals surface area contributed by atoms with E-state index in [1.54, 1.807) is 6.92 Å². The van der Waals surface area contributed by atoms with Gasteiger partial charge in [-0.1, -0.05) is 6.92 Å². The average molecular weight is 237 g/mol. The molecule has 5 heteroatoms. The first-order chi connectivity index (χ1) is 7.05. The molecule has 0 spiro atoms. The monoisotopic (exact) mass is 237 g/mol. The van der Waals surface area contributed by atoms with Crippen LogP contribution in [0.25, 0.3) is 0 Å². The summed E-state index contributed by atoms with van der Waals surface area (Å²) < 4.78 is 36.1. The van der Waals surface area contributed by atoms with Crippen LogP contribution >= 0.6 is 0 Å². The first-order valence-corrected chi connectivity index (χ1v) is 7.42. The molecule has 2 unspecified atom stereocenters. The third-order valence-electron chi connectivity index (χ3n) is 2.99. The Hall–Kier alpha value is -0.160. The maximum absolute atomic E-state index is 13.7. The molecule has 0 aliphatic carbocycles. The Labute approximate surface area is 91.4 Å². The first-order valence-electron chi connectivity index (χ1n) is 5.60. The maximum atomic E-state index is 13.7. The summed E-state index contributed by atoms with van der Waals surface area (Å²) in [4.78, 5) is 0. The van der Waals surface area contributed by atoms with Gasteiger partial charge in [0.1, 0.15) is 16.0 Å². The van der Waals surface area contributed by atoms with E-state index in [1.807, 2.05) is 0 Å². The van der Waals surface area contributed by atoms with Crippen LogP contribution in [0.1, 0.15) is 26.2 Å². The molecule has 1 aliphatic rings. The van der Waals surface area contributed by atoms with Gasteiger partial charge in [0.2, 0.25) is 0 Å². The van der Waals surface area contributed by atoms with Crippen LogP contribution in [0.2, 0.25) is 0 Å². The predicted octanol–water partition coefficient (Wildman–Crippen LogP) is 1.15. The summed E-state index contributed by atoms with van der Waals surface area (Å²) >= 11 is 0. The molecule has 90 valence electrons. The van der Waals surface area contributed by atoms with Gasteiger partial charge in [-0.3, -0.25) is 0 Å². The normalized spacial score (nSPS) is 25.1. The largest absolute Gasteiger partial charge is 0.316 e. The minimum absolute atomic E-state index is 0.00538. The molecule has 1 heterocycles. The second kappa shape index (κ2) is 5.80. The number of piperidine rings is 1. The number of hydrogen-bond acceptors (Lipinski definition) is 3. The smallest absolute Gasteiger partial charge is 0.150 e. The Morgan fingerprint density at radius 1 is 1.53 bits per heavy atom. The van der Waals surface area contributed by atoms with Crippen LogP contribution in [-0.4, -0.2) is 39.2 Å². The number of alkyl halides is 1. The van der Waals surface area contributed by atoms with Gasteiger partial charge in [-0.05, 0) is 25.8 Å². The number of hydrogen-bond donors (Lipinski definition) is 1. The van der Waals surface area contributed by atoms with Gasteiger partial charge in [0, 0.05) is 18.2 Å². The second-order valence-electron chi connectivity index (χ2n) is 4.15. The van der Waals surface area contributed by atoms with E-state index in [9.17, 15) is 12.8 Å². The molecule has 0 amide bonds. The molecule has 1 N–H and O–H groups in total. The molecule has 1 aliphatic heterocycles. The van der Waals surface area contributed by atoms with Crippen molar-refractivity contribution >= 4 is 9.84 Å². The zero-order chi connectivity index (χ0) is 11.3. The molecule has 3 nitrogen and oxygen atoms in total. The Morgan fingerprint density at radius 2 is 2.27 bits per heavy atom. The van der Waals surface area contributed by atoms with Crippen molar-refractivity contribution in [1.29, 1.82) is 0 Å². The molecule has 1 fully saturated rings. The lowest BCUT2D eigenvalue weighted by molar-refractivity contribution is 0.187. The molecular formula is C10H20FNO2S. The molecule has 0 radical (unpaired) electrons. The number of rotatable bonds is 5. The Kier molecular flexibility index (Phi) is 4.99. The molecule has 0 aromatic heterocycles. The lowest BCUT2D eigenvalue weighted by atomic mass is 9.93. The second-order valence-corrected chi connectivity index (χ2v) is 6.62. The highest BCUT2D eigenvalue weighted by molar-refractivity contribution is 7.91. The quantitative estimate of drug-likeness (QED) is 0.780. The molecule has 2 atom stereocenters. The third-order valence-corrected chi connectivity index (χ3v) is 4.73. The van der Waals surface area contributed by atoms with Crippen molar-refractivity contribution in [3.05, 3.63) is 0 Å². The zero-order valence-corrected chi connectivity index (χ0v) is 10.0. The molecule has 1 saturated heterocycles. The fourth-order valence-electron chi connectivity index (χ4n) is 1.86. The summed E-state index contributed by atoms with van der Waals surface area (Å²) in [5.41, 5.74) is 0. The van der Waals surface area contributed by atoms with E-state index in [0.29, 0.717) is 6.54 Å². The molecule has 1 rings (SSSR count). The van der Waals surface area contributed by atoms with Crippen LogP contribution in [0, 0.1) is 5.92 Å². The molecule has 0 saturated carbocycles. The predicted molar refractivity (Wildman–Crippen MR) is 59.4 cm³/mol. The van der Waals surface area contributed by atoms with Gasteiger partial charge in [-0.2, -0.15) is 0 Å². The van der Waals surface area contributed by atoms with Crippen LogP contribution in [0.3, 0.4) is 0 Å². The standard InChI is InChI=1S/C10H20FNO2S/c1-2-15(13,14)7-5-10(11)9-4-3-6-12-8-9/h9-10,12H,2-8H2,1H3. The minimum atomic E-state index is -3.01. The van der Waals surface area contributed by atoms with Gasteiger partial charge in [0.15, 0.2) is 0 Å². The highest BCUT2D eigenvalue weighted by Crippen LogP contribution is 2.20. The highest BCUT2D eigenvalue weighted by Gasteiger charge is 2.24. The van der Waals surface area contributed by atoms with Gasteiger partial charge in [0.05, 0.1) is 5.75 Å². The van der Waals surface area contributed by atoms with Gasteiger partial charge < -0.3 is 5.32 Å². The summed E-state index contributed by atoms with van der Waals surface area (Å²) in [7, 11) is -3.01. The molecule has 0 aromatic carbocycles. The van der Waals surface area contributed by atoms with Crippen LogP contribution in [-0.2, 0) is 9.84 Å². The summed E-state index contributed by atoms with van der Waals surface area (Å²) in [5, 5.41) is 3.14. The topological polar surface area (TPSA) is 46.2 Å². The van der Waals surface area contributed by atoms with Gasteiger partial charge in [0.25, 0.3) is 0 Å². The van der Waals surface area contributed by atoms with Crippen molar-refractivity contribution in [2.45, 2.75) is 32.4 Å². The third kappa shape index (κ3) is 4.47. The van der Waals surface area contributed by atoms with Crippen LogP contribution in [0.5, 0.6) is 0 Å². The Morgan fingerprint density at radius 3 is 2.80 bits per heavy atom. The van der Waals surface area contributed by atoms with Gasteiger partial charge >= 0.3 is 0 Å². The Balaban J connectivity index is 2.31. The number of sulfone groups is 1. The number of nitrogens with one attached hydrogen (secondary N) is 1.